The minimum Gasteiger partial charge on any atom is -0.352 e. The molecule has 1 fully saturated rings. The van der Waals surface area contributed by atoms with E-state index in [1.165, 1.54) is 29.5 Å². The maximum absolute atomic E-state index is 13.8. The van der Waals surface area contributed by atoms with Gasteiger partial charge < -0.3 is 15.1 Å². The first kappa shape index (κ1) is 30.8. The predicted molar refractivity (Wildman–Crippen MR) is 179 cm³/mol. The number of nitrogens with one attached hydrogen (secondary N) is 1. The summed E-state index contributed by atoms with van der Waals surface area (Å²) in [6.07, 6.45) is 2.76. The molecule has 6 rings (SSSR count). The number of fused-ring (bicyclic) bond motifs is 1. The predicted octanol–water partition coefficient (Wildman–Crippen LogP) is 6.44. The molecule has 1 N–H and O–H groups in total. The molecule has 0 atom stereocenters. The lowest BCUT2D eigenvalue weighted by Crippen LogP contribution is -2.46. The zero-order valence-corrected chi connectivity index (χ0v) is 26.0. The molecule has 0 bridgehead atoms. The van der Waals surface area contributed by atoms with Gasteiger partial charge in [0, 0.05) is 49.7 Å². The Morgan fingerprint density at radius 1 is 0.800 bits per heavy atom. The molecule has 0 aliphatic carbocycles. The van der Waals surface area contributed by atoms with Crippen molar-refractivity contribution in [2.45, 2.75) is 24.4 Å². The van der Waals surface area contributed by atoms with Crippen LogP contribution in [-0.2, 0) is 17.9 Å². The molecule has 2 aliphatic rings. The second-order valence-corrected chi connectivity index (χ2v) is 12.5. The first-order chi connectivity index (χ1) is 22.0. The fourth-order valence-electron chi connectivity index (χ4n) is 5.70. The number of amides is 2. The Morgan fingerprint density at radius 3 is 2.20 bits per heavy atom. The molecule has 1 saturated heterocycles. The summed E-state index contributed by atoms with van der Waals surface area (Å²) in [4.78, 5) is 35.1. The van der Waals surface area contributed by atoms with E-state index in [1.54, 1.807) is 23.1 Å². The molecule has 2 amide bonds. The number of hydrogen-bond acceptors (Lipinski definition) is 5. The van der Waals surface area contributed by atoms with Crippen LogP contribution in [0.5, 0.6) is 0 Å². The molecule has 4 aromatic carbocycles. The average molecular weight is 621 g/mol. The molecule has 0 spiro atoms. The molecular formula is C37H37FN4O2S. The lowest BCUT2D eigenvalue weighted by Gasteiger charge is -2.34. The number of piperazine rings is 1. The van der Waals surface area contributed by atoms with E-state index >= 15 is 0 Å². The van der Waals surface area contributed by atoms with Crippen LogP contribution in [0.2, 0.25) is 0 Å². The lowest BCUT2D eigenvalue weighted by atomic mass is 10.1. The summed E-state index contributed by atoms with van der Waals surface area (Å²) in [6, 6.07) is 32.0. The summed E-state index contributed by atoms with van der Waals surface area (Å²) >= 11 is 1.40. The van der Waals surface area contributed by atoms with Crippen molar-refractivity contribution in [2.75, 3.05) is 44.2 Å². The minimum absolute atomic E-state index is 0.151. The quantitative estimate of drug-likeness (QED) is 0.163. The second-order valence-electron chi connectivity index (χ2n) is 11.4. The van der Waals surface area contributed by atoms with Crippen molar-refractivity contribution in [2.24, 2.45) is 0 Å². The van der Waals surface area contributed by atoms with Gasteiger partial charge in [-0.1, -0.05) is 84.6 Å². The Bertz CT molecular complexity index is 1640. The molecule has 8 heteroatoms. The highest BCUT2D eigenvalue weighted by molar-refractivity contribution is 8.04. The van der Waals surface area contributed by atoms with Crippen molar-refractivity contribution in [1.82, 2.24) is 15.1 Å². The van der Waals surface area contributed by atoms with E-state index in [0.717, 1.165) is 61.7 Å². The first-order valence-electron chi connectivity index (χ1n) is 15.4. The Balaban J connectivity index is 1.07. The van der Waals surface area contributed by atoms with Crippen molar-refractivity contribution in [3.05, 3.63) is 136 Å². The normalized spacial score (nSPS) is 16.5. The Labute approximate surface area is 268 Å². The van der Waals surface area contributed by atoms with Gasteiger partial charge in [0.15, 0.2) is 0 Å². The van der Waals surface area contributed by atoms with Crippen molar-refractivity contribution in [3.8, 4) is 0 Å². The molecule has 2 heterocycles. The van der Waals surface area contributed by atoms with E-state index in [1.807, 2.05) is 48.5 Å². The molecule has 6 nitrogen and oxygen atoms in total. The van der Waals surface area contributed by atoms with E-state index in [0.29, 0.717) is 22.7 Å². The number of rotatable bonds is 10. The highest BCUT2D eigenvalue weighted by Crippen LogP contribution is 2.43. The van der Waals surface area contributed by atoms with Gasteiger partial charge in [0.1, 0.15) is 5.82 Å². The summed E-state index contributed by atoms with van der Waals surface area (Å²) in [5, 5.41) is 3.07. The van der Waals surface area contributed by atoms with Gasteiger partial charge in [-0.3, -0.25) is 14.5 Å². The van der Waals surface area contributed by atoms with Crippen molar-refractivity contribution < 1.29 is 14.0 Å². The highest BCUT2D eigenvalue weighted by atomic mass is 32.2. The monoisotopic (exact) mass is 620 g/mol. The molecule has 230 valence electrons. The number of thioether (sulfide) groups is 1. The lowest BCUT2D eigenvalue weighted by molar-refractivity contribution is -0.114. The van der Waals surface area contributed by atoms with Crippen LogP contribution in [-0.4, -0.2) is 60.9 Å². The zero-order valence-electron chi connectivity index (χ0n) is 25.2. The Kier molecular flexibility index (Phi) is 10.0. The van der Waals surface area contributed by atoms with E-state index in [-0.39, 0.29) is 24.2 Å². The Hall–Kier alpha value is -4.24. The number of carbonyl (C=O) groups is 2. The second kappa shape index (κ2) is 14.7. The van der Waals surface area contributed by atoms with Crippen LogP contribution < -0.4 is 10.2 Å². The summed E-state index contributed by atoms with van der Waals surface area (Å²) < 4.78 is 13.6. The van der Waals surface area contributed by atoms with Crippen LogP contribution in [0.25, 0.3) is 6.08 Å². The molecule has 0 unspecified atom stereocenters. The van der Waals surface area contributed by atoms with E-state index in [9.17, 15) is 14.0 Å². The largest absolute Gasteiger partial charge is 0.352 e. The fraction of sp³-hybridized carbons (Fsp3) is 0.243. The van der Waals surface area contributed by atoms with Crippen LogP contribution in [0.15, 0.2) is 113 Å². The van der Waals surface area contributed by atoms with Crippen LogP contribution in [0.3, 0.4) is 0 Å². The van der Waals surface area contributed by atoms with Gasteiger partial charge >= 0.3 is 0 Å². The fourth-order valence-corrected chi connectivity index (χ4v) is 6.74. The number of halogens is 1. The molecule has 4 aromatic rings. The maximum atomic E-state index is 13.8. The third-order valence-corrected chi connectivity index (χ3v) is 9.27. The van der Waals surface area contributed by atoms with E-state index < -0.39 is 0 Å². The van der Waals surface area contributed by atoms with E-state index in [4.69, 9.17) is 0 Å². The number of carbonyl (C=O) groups excluding carboxylic acids is 2. The number of anilines is 1. The molecule has 0 saturated carbocycles. The summed E-state index contributed by atoms with van der Waals surface area (Å²) in [7, 11) is 0. The van der Waals surface area contributed by atoms with E-state index in [2.05, 4.69) is 45.4 Å². The third-order valence-electron chi connectivity index (χ3n) is 8.19. The van der Waals surface area contributed by atoms with Gasteiger partial charge in [-0.15, -0.1) is 0 Å². The molecule has 0 aromatic heterocycles. The number of benzene rings is 4. The average Bonchev–Trinajstić information content (AvgIpc) is 3.07. The topological polar surface area (TPSA) is 55.9 Å². The van der Waals surface area contributed by atoms with Gasteiger partial charge in [0.25, 0.3) is 11.8 Å². The molecule has 0 radical (unpaired) electrons. The van der Waals surface area contributed by atoms with Gasteiger partial charge in [-0.25, -0.2) is 4.39 Å². The van der Waals surface area contributed by atoms with Gasteiger partial charge in [-0.05, 0) is 66.1 Å². The van der Waals surface area contributed by atoms with Gasteiger partial charge in [0.2, 0.25) is 0 Å². The highest BCUT2D eigenvalue weighted by Gasteiger charge is 2.30. The Morgan fingerprint density at radius 2 is 1.47 bits per heavy atom. The smallest absolute Gasteiger partial charge is 0.265 e. The summed E-state index contributed by atoms with van der Waals surface area (Å²) in [5.74, 6) is -0.633. The van der Waals surface area contributed by atoms with Crippen molar-refractivity contribution in [1.29, 1.82) is 0 Å². The zero-order chi connectivity index (χ0) is 31.0. The van der Waals surface area contributed by atoms with Gasteiger partial charge in [-0.2, -0.15) is 0 Å². The van der Waals surface area contributed by atoms with Crippen LogP contribution >= 0.6 is 11.8 Å². The standard InChI is InChI=1S/C37H37FN4O2S/c38-32-15-12-30(13-16-32)27-42-33-25-31(14-17-34(33)45-35(37(42)44)24-28-8-3-1-4-9-28)36(43)39-18-7-19-40-20-22-41(23-21-40)26-29-10-5-2-6-11-29/h1-6,8-17,24-25H,7,18-23,26-27H2,(H,39,43). The minimum atomic E-state index is -0.325. The molecule has 45 heavy (non-hydrogen) atoms. The third kappa shape index (κ3) is 8.08. The summed E-state index contributed by atoms with van der Waals surface area (Å²) in [5.41, 5.74) is 4.28. The van der Waals surface area contributed by atoms with Crippen LogP contribution in [0.4, 0.5) is 10.1 Å². The number of nitrogens with zero attached hydrogens (tertiary/aromatic N) is 3. The molecule has 2 aliphatic heterocycles. The maximum Gasteiger partial charge on any atom is 0.265 e. The molecular weight excluding hydrogens is 583 g/mol. The summed E-state index contributed by atoms with van der Waals surface area (Å²) in [6.45, 7) is 6.93. The van der Waals surface area contributed by atoms with Crippen molar-refractivity contribution in [3.63, 3.8) is 0 Å². The number of hydrogen-bond donors (Lipinski definition) is 1. The SMILES string of the molecule is O=C(NCCCN1CCN(Cc2ccccc2)CC1)c1ccc2c(c1)N(Cc1ccc(F)cc1)C(=O)C(=Cc1ccccc1)S2. The van der Waals surface area contributed by atoms with Crippen LogP contribution in [0, 0.1) is 5.82 Å². The van der Waals surface area contributed by atoms with Gasteiger partial charge in [0.05, 0.1) is 17.1 Å². The first-order valence-corrected chi connectivity index (χ1v) is 16.3. The van der Waals surface area contributed by atoms with Crippen LogP contribution in [0.1, 0.15) is 33.5 Å². The van der Waals surface area contributed by atoms with Crippen molar-refractivity contribution >= 4 is 35.3 Å².